The molecule has 7 heterocycles. The molecule has 0 saturated heterocycles. The summed E-state index contributed by atoms with van der Waals surface area (Å²) in [4.78, 5) is 5.44. The van der Waals surface area contributed by atoms with Crippen LogP contribution in [0.3, 0.4) is 0 Å². The predicted molar refractivity (Wildman–Crippen MR) is 177 cm³/mol. The lowest BCUT2D eigenvalue weighted by atomic mass is 9.94. The fraction of sp³-hybridized carbons (Fsp3) is 0.0750. The predicted octanol–water partition coefficient (Wildman–Crippen LogP) is 7.66. The van der Waals surface area contributed by atoms with Gasteiger partial charge in [0.2, 0.25) is 5.82 Å². The Balaban J connectivity index is 1.26. The monoisotopic (exact) mass is 593 g/mol. The highest BCUT2D eigenvalue weighted by Crippen LogP contribution is 2.51. The van der Waals surface area contributed by atoms with Gasteiger partial charge in [0.15, 0.2) is 16.8 Å². The summed E-state index contributed by atoms with van der Waals surface area (Å²) in [6.07, 6.45) is 4.47. The van der Waals surface area contributed by atoms with Crippen LogP contribution in [0.1, 0.15) is 16.7 Å². The Hall–Kier alpha value is -6.01. The molecular formula is C40H27N5O+2. The van der Waals surface area contributed by atoms with Crippen LogP contribution < -0.4 is 13.9 Å². The van der Waals surface area contributed by atoms with Crippen LogP contribution in [0.4, 0.5) is 0 Å². The first-order valence-corrected chi connectivity index (χ1v) is 15.7. The molecule has 0 fully saturated rings. The summed E-state index contributed by atoms with van der Waals surface area (Å²) in [5.74, 6) is 2.88. The molecule has 11 rings (SSSR count). The molecule has 3 aliphatic rings. The molecule has 0 saturated carbocycles. The second-order valence-electron chi connectivity index (χ2n) is 12.6. The van der Waals surface area contributed by atoms with E-state index in [9.17, 15) is 0 Å². The van der Waals surface area contributed by atoms with E-state index in [0.717, 1.165) is 40.2 Å². The van der Waals surface area contributed by atoms with Gasteiger partial charge in [-0.15, -0.1) is 4.57 Å². The van der Waals surface area contributed by atoms with E-state index in [-0.39, 0.29) is 0 Å². The van der Waals surface area contributed by atoms with E-state index in [1.807, 2.05) is 0 Å². The standard InChI is InChI=1S/C40H27N5O/c1-24-21-27(26-11-4-3-5-12-26)22-25(2)36(24)30-23-43-39(41-30)32-15-10-17-35-45(32)40(43)37-33(46-35)19-18-29-28-13-6-7-14-31(28)44(38(29)37)34-16-8-9-20-42(34)40/h3-23H,1-2H3/q+2. The van der Waals surface area contributed by atoms with Gasteiger partial charge >= 0.3 is 11.7 Å². The Kier molecular flexibility index (Phi) is 4.32. The molecule has 4 aromatic carbocycles. The fourth-order valence-corrected chi connectivity index (χ4v) is 8.51. The van der Waals surface area contributed by atoms with Gasteiger partial charge in [-0.2, -0.15) is 4.57 Å². The van der Waals surface area contributed by atoms with Crippen LogP contribution in [0.25, 0.3) is 61.5 Å². The average Bonchev–Trinajstić information content (AvgIpc) is 3.75. The number of ether oxygens (including phenoxy) is 1. The molecule has 0 bridgehead atoms. The molecule has 0 aliphatic carbocycles. The van der Waals surface area contributed by atoms with Gasteiger partial charge in [-0.3, -0.25) is 0 Å². The van der Waals surface area contributed by atoms with Crippen LogP contribution in [0.5, 0.6) is 11.6 Å². The minimum absolute atomic E-state index is 0.785. The topological polar surface area (TPSA) is 39.7 Å². The van der Waals surface area contributed by atoms with Crippen molar-refractivity contribution in [3.8, 4) is 51.3 Å². The highest BCUT2D eigenvalue weighted by molar-refractivity contribution is 6.11. The van der Waals surface area contributed by atoms with Crippen molar-refractivity contribution in [2.45, 2.75) is 19.6 Å². The summed E-state index contributed by atoms with van der Waals surface area (Å²) in [6.45, 7) is 4.41. The second kappa shape index (κ2) is 8.17. The molecule has 216 valence electrons. The third kappa shape index (κ3) is 2.69. The van der Waals surface area contributed by atoms with Crippen LogP contribution in [-0.4, -0.2) is 14.1 Å². The molecule has 0 amide bonds. The Morgan fingerprint density at radius 1 is 0.739 bits per heavy atom. The third-order valence-electron chi connectivity index (χ3n) is 10.2. The third-order valence-corrected chi connectivity index (χ3v) is 10.2. The van der Waals surface area contributed by atoms with Gasteiger partial charge in [-0.05, 0) is 72.5 Å². The molecule has 8 aromatic rings. The van der Waals surface area contributed by atoms with E-state index in [1.54, 1.807) is 0 Å². The van der Waals surface area contributed by atoms with Gasteiger partial charge in [0.25, 0.3) is 11.5 Å². The molecule has 3 aliphatic heterocycles. The molecule has 1 atom stereocenters. The molecule has 1 spiro atoms. The normalized spacial score (nSPS) is 16.3. The first-order chi connectivity index (χ1) is 22.6. The minimum atomic E-state index is -0.785. The van der Waals surface area contributed by atoms with Crippen molar-refractivity contribution in [2.24, 2.45) is 0 Å². The smallest absolute Gasteiger partial charge is 0.404 e. The van der Waals surface area contributed by atoms with Crippen LogP contribution in [0.15, 0.2) is 128 Å². The van der Waals surface area contributed by atoms with Crippen LogP contribution in [-0.2, 0) is 5.79 Å². The summed E-state index contributed by atoms with van der Waals surface area (Å²) >= 11 is 0. The molecule has 4 aromatic heterocycles. The van der Waals surface area contributed by atoms with Crippen molar-refractivity contribution in [3.63, 3.8) is 0 Å². The van der Waals surface area contributed by atoms with Gasteiger partial charge in [0.1, 0.15) is 11.7 Å². The maximum absolute atomic E-state index is 6.75. The van der Waals surface area contributed by atoms with E-state index in [2.05, 4.69) is 160 Å². The molecule has 0 N–H and O–H groups in total. The van der Waals surface area contributed by atoms with E-state index in [4.69, 9.17) is 9.72 Å². The van der Waals surface area contributed by atoms with E-state index in [0.29, 0.717) is 0 Å². The fourth-order valence-electron chi connectivity index (χ4n) is 8.51. The largest absolute Gasteiger partial charge is 0.438 e. The first-order valence-electron chi connectivity index (χ1n) is 15.7. The number of aryl methyl sites for hydroxylation is 2. The van der Waals surface area contributed by atoms with Gasteiger partial charge < -0.3 is 4.74 Å². The number of para-hydroxylation sites is 1. The number of hydrogen-bond acceptors (Lipinski definition) is 2. The molecule has 6 nitrogen and oxygen atoms in total. The van der Waals surface area contributed by atoms with E-state index in [1.165, 1.54) is 49.6 Å². The zero-order valence-electron chi connectivity index (χ0n) is 25.3. The van der Waals surface area contributed by atoms with Crippen LogP contribution >= 0.6 is 0 Å². The molecule has 46 heavy (non-hydrogen) atoms. The highest BCUT2D eigenvalue weighted by atomic mass is 16.5. The lowest BCUT2D eigenvalue weighted by Gasteiger charge is -2.33. The number of aromatic nitrogens is 5. The van der Waals surface area contributed by atoms with Crippen LogP contribution in [0.2, 0.25) is 0 Å². The summed E-state index contributed by atoms with van der Waals surface area (Å²) in [6, 6.07) is 41.0. The van der Waals surface area contributed by atoms with Crippen molar-refractivity contribution >= 4 is 21.8 Å². The van der Waals surface area contributed by atoms with Crippen molar-refractivity contribution < 1.29 is 13.9 Å². The lowest BCUT2D eigenvalue weighted by Crippen LogP contribution is -2.78. The quantitative estimate of drug-likeness (QED) is 0.193. The van der Waals surface area contributed by atoms with Crippen molar-refractivity contribution in [2.75, 3.05) is 0 Å². The summed E-state index contributed by atoms with van der Waals surface area (Å²) in [5.41, 5.74) is 11.5. The van der Waals surface area contributed by atoms with Crippen molar-refractivity contribution in [3.05, 3.63) is 144 Å². The zero-order chi connectivity index (χ0) is 30.3. The number of fused-ring (bicyclic) bond motifs is 7. The number of imidazole rings is 1. The zero-order valence-corrected chi connectivity index (χ0v) is 25.3. The highest BCUT2D eigenvalue weighted by Gasteiger charge is 2.68. The van der Waals surface area contributed by atoms with Gasteiger partial charge in [0.05, 0.1) is 11.8 Å². The van der Waals surface area contributed by atoms with Gasteiger partial charge in [-0.25, -0.2) is 9.55 Å². The Morgan fingerprint density at radius 2 is 1.54 bits per heavy atom. The minimum Gasteiger partial charge on any atom is -0.404 e. The number of rotatable bonds is 2. The summed E-state index contributed by atoms with van der Waals surface area (Å²) in [7, 11) is 0. The number of nitrogens with zero attached hydrogens (tertiary/aromatic N) is 5. The molecule has 6 heteroatoms. The number of benzene rings is 4. The van der Waals surface area contributed by atoms with E-state index < -0.39 is 5.79 Å². The maximum Gasteiger partial charge on any atom is 0.438 e. The Morgan fingerprint density at radius 3 is 2.41 bits per heavy atom. The number of pyridine rings is 2. The summed E-state index contributed by atoms with van der Waals surface area (Å²) < 4.78 is 16.3. The summed E-state index contributed by atoms with van der Waals surface area (Å²) in [5, 5.41) is 2.44. The van der Waals surface area contributed by atoms with Crippen LogP contribution in [0, 0.1) is 13.8 Å². The second-order valence-corrected chi connectivity index (χ2v) is 12.6. The Bertz CT molecular complexity index is 2620. The van der Waals surface area contributed by atoms with Gasteiger partial charge in [0, 0.05) is 34.7 Å². The van der Waals surface area contributed by atoms with Crippen molar-refractivity contribution in [1.82, 2.24) is 14.1 Å². The molecule has 0 radical (unpaired) electrons. The molecular weight excluding hydrogens is 566 g/mol. The number of hydrogen-bond donors (Lipinski definition) is 0. The maximum atomic E-state index is 6.75. The lowest BCUT2D eigenvalue weighted by molar-refractivity contribution is -0.979. The SMILES string of the molecule is Cc1cc(-c2ccccc2)cc(C)c1-c1cn2c(n1)-c1cccc3[n+]1C21c2c(ccc4c5ccccc5n(c24)-c2cccc[n+]21)O3. The Labute approximate surface area is 264 Å². The van der Waals surface area contributed by atoms with Gasteiger partial charge in [-0.1, -0.05) is 65.2 Å². The molecule has 1 unspecified atom stereocenters. The van der Waals surface area contributed by atoms with E-state index >= 15 is 0 Å². The first kappa shape index (κ1) is 24.3. The van der Waals surface area contributed by atoms with Crippen molar-refractivity contribution in [1.29, 1.82) is 0 Å². The average molecular weight is 594 g/mol.